The van der Waals surface area contributed by atoms with Gasteiger partial charge in [0, 0.05) is 11.8 Å². The maximum Gasteiger partial charge on any atom is 0.342 e. The first-order valence-electron chi connectivity index (χ1n) is 14.9. The Morgan fingerprint density at radius 2 is 1.48 bits per heavy atom. The third-order valence-corrected chi connectivity index (χ3v) is 9.72. The largest absolute Gasteiger partial charge is 0.461 e. The van der Waals surface area contributed by atoms with Crippen molar-refractivity contribution in [3.63, 3.8) is 0 Å². The number of carbonyl (C=O) groups excluding carboxylic acids is 2. The first kappa shape index (κ1) is 32.3. The van der Waals surface area contributed by atoms with Crippen LogP contribution in [0.4, 0.5) is 0 Å². The average Bonchev–Trinajstić information content (AvgIpc) is 3.44. The van der Waals surface area contributed by atoms with Gasteiger partial charge in [-0.1, -0.05) is 18.9 Å². The van der Waals surface area contributed by atoms with Crippen LogP contribution in [0, 0.1) is 6.92 Å². The van der Waals surface area contributed by atoms with Crippen LogP contribution in [-0.2, 0) is 32.9 Å². The summed E-state index contributed by atoms with van der Waals surface area (Å²) < 4.78 is 38.2. The quantitative estimate of drug-likeness (QED) is 0.181. The number of aromatic amines is 1. The van der Waals surface area contributed by atoms with Crippen LogP contribution in [0.1, 0.15) is 89.8 Å². The van der Waals surface area contributed by atoms with Gasteiger partial charge in [-0.2, -0.15) is 0 Å². The van der Waals surface area contributed by atoms with Gasteiger partial charge in [0.05, 0.1) is 6.61 Å². The van der Waals surface area contributed by atoms with Crippen molar-refractivity contribution >= 4 is 19.6 Å². The van der Waals surface area contributed by atoms with Crippen molar-refractivity contribution in [3.05, 3.63) is 44.8 Å². The van der Waals surface area contributed by atoms with E-state index in [2.05, 4.69) is 15.2 Å². The summed E-state index contributed by atoms with van der Waals surface area (Å²) in [5, 5.41) is 5.45. The standard InChI is InChI=1S/C28H43N4O9P/c1-18-16-32(28(36)29-25(18)33)24-15-14-23(39-24)17-38-42(37,30-19(2)26(34)40-21-10-6-4-7-11-21)31-20(3)27(35)41-22-12-8-5-9-13-22/h14-16,19-24H,4-13,17H2,1-3H3,(H,29,33,36)(H2,30,31,37)/t19-,20-,23-,24+/m0/s1. The van der Waals surface area contributed by atoms with E-state index in [1.807, 2.05) is 0 Å². The van der Waals surface area contributed by atoms with Crippen molar-refractivity contribution in [3.8, 4) is 0 Å². The maximum atomic E-state index is 14.0. The molecule has 0 bridgehead atoms. The number of carbonyl (C=O) groups is 2. The second kappa shape index (κ2) is 14.7. The third kappa shape index (κ3) is 8.97. The zero-order chi connectivity index (χ0) is 30.3. The van der Waals surface area contributed by atoms with E-state index in [0.717, 1.165) is 64.2 Å². The molecule has 0 radical (unpaired) electrons. The van der Waals surface area contributed by atoms with Gasteiger partial charge >= 0.3 is 25.3 Å². The molecule has 1 aromatic rings. The lowest BCUT2D eigenvalue weighted by atomic mass is 9.98. The number of rotatable bonds is 12. The van der Waals surface area contributed by atoms with Gasteiger partial charge in [-0.3, -0.25) is 28.5 Å². The van der Waals surface area contributed by atoms with Crippen LogP contribution in [0.15, 0.2) is 27.9 Å². The highest BCUT2D eigenvalue weighted by atomic mass is 31.2. The summed E-state index contributed by atoms with van der Waals surface area (Å²) in [6.07, 6.45) is 12.1. The number of hydrogen-bond acceptors (Lipinski definition) is 9. The molecule has 0 spiro atoms. The van der Waals surface area contributed by atoms with Gasteiger partial charge < -0.3 is 18.7 Å². The summed E-state index contributed by atoms with van der Waals surface area (Å²) in [6.45, 7) is 4.40. The highest BCUT2D eigenvalue weighted by molar-refractivity contribution is 7.54. The van der Waals surface area contributed by atoms with Gasteiger partial charge in [-0.15, -0.1) is 0 Å². The van der Waals surface area contributed by atoms with Gasteiger partial charge in [0.2, 0.25) is 0 Å². The van der Waals surface area contributed by atoms with E-state index in [0.29, 0.717) is 5.56 Å². The van der Waals surface area contributed by atoms with Crippen LogP contribution in [0.3, 0.4) is 0 Å². The van der Waals surface area contributed by atoms with Gasteiger partial charge in [-0.25, -0.2) is 15.0 Å². The molecule has 4 atom stereocenters. The fourth-order valence-corrected chi connectivity index (χ4v) is 7.13. The minimum absolute atomic E-state index is 0.179. The van der Waals surface area contributed by atoms with E-state index in [1.165, 1.54) is 24.6 Å². The van der Waals surface area contributed by atoms with Crippen LogP contribution >= 0.6 is 7.67 Å². The minimum Gasteiger partial charge on any atom is -0.461 e. The number of aromatic nitrogens is 2. The molecular weight excluding hydrogens is 567 g/mol. The number of esters is 2. The van der Waals surface area contributed by atoms with E-state index in [9.17, 15) is 23.7 Å². The van der Waals surface area contributed by atoms with Crippen molar-refractivity contribution in [2.75, 3.05) is 6.61 Å². The van der Waals surface area contributed by atoms with E-state index >= 15 is 0 Å². The Morgan fingerprint density at radius 1 is 0.952 bits per heavy atom. The lowest BCUT2D eigenvalue weighted by Gasteiger charge is -2.29. The smallest absolute Gasteiger partial charge is 0.342 e. The molecule has 42 heavy (non-hydrogen) atoms. The number of ether oxygens (including phenoxy) is 3. The highest BCUT2D eigenvalue weighted by Gasteiger charge is 2.36. The lowest BCUT2D eigenvalue weighted by molar-refractivity contribution is -0.152. The van der Waals surface area contributed by atoms with E-state index in [-0.39, 0.29) is 18.8 Å². The minimum atomic E-state index is -4.05. The predicted molar refractivity (Wildman–Crippen MR) is 154 cm³/mol. The van der Waals surface area contributed by atoms with Gasteiger partial charge in [0.1, 0.15) is 30.4 Å². The van der Waals surface area contributed by atoms with E-state index in [4.69, 9.17) is 18.7 Å². The Balaban J connectivity index is 1.40. The summed E-state index contributed by atoms with van der Waals surface area (Å²) in [6, 6.07) is -2.00. The number of nitrogens with one attached hydrogen (secondary N) is 3. The molecular formula is C28H43N4O9P. The summed E-state index contributed by atoms with van der Waals surface area (Å²) in [4.78, 5) is 51.9. The van der Waals surface area contributed by atoms with Crippen LogP contribution < -0.4 is 21.4 Å². The molecule has 2 aliphatic carbocycles. The van der Waals surface area contributed by atoms with Gasteiger partial charge in [0.25, 0.3) is 5.56 Å². The molecule has 14 heteroatoms. The van der Waals surface area contributed by atoms with Crippen molar-refractivity contribution in [1.82, 2.24) is 19.7 Å². The molecule has 3 N–H and O–H groups in total. The fraction of sp³-hybridized carbons (Fsp3) is 0.714. The molecule has 0 unspecified atom stereocenters. The Bertz CT molecular complexity index is 1240. The topological polar surface area (TPSA) is 167 Å². The molecule has 2 saturated carbocycles. The third-order valence-electron chi connectivity index (χ3n) is 7.75. The SMILES string of the molecule is Cc1cn([C@H]2C=C[C@@H](COP(=O)(N[C@@H](C)C(=O)OC3CCCCC3)N[C@@H](C)C(=O)OC3CCCCC3)O2)c(=O)[nH]c1=O. The van der Waals surface area contributed by atoms with Gasteiger partial charge in [-0.05, 0) is 78.2 Å². The summed E-state index contributed by atoms with van der Waals surface area (Å²) >= 11 is 0. The normalized spacial score (nSPS) is 23.4. The Kier molecular flexibility index (Phi) is 11.4. The summed E-state index contributed by atoms with van der Waals surface area (Å²) in [5.41, 5.74) is -0.776. The number of nitrogens with zero attached hydrogens (tertiary/aromatic N) is 1. The Morgan fingerprint density at radius 3 is 2.00 bits per heavy atom. The molecule has 2 heterocycles. The molecule has 0 amide bonds. The van der Waals surface area contributed by atoms with Crippen LogP contribution in [0.25, 0.3) is 0 Å². The zero-order valence-electron chi connectivity index (χ0n) is 24.5. The molecule has 13 nitrogen and oxygen atoms in total. The number of hydrogen-bond donors (Lipinski definition) is 3. The fourth-order valence-electron chi connectivity index (χ4n) is 5.32. The second-order valence-electron chi connectivity index (χ2n) is 11.4. The Hall–Kier alpha value is -2.57. The van der Waals surface area contributed by atoms with Crippen molar-refractivity contribution in [2.45, 2.75) is 122 Å². The predicted octanol–water partition coefficient (Wildman–Crippen LogP) is 3.13. The first-order valence-corrected chi connectivity index (χ1v) is 16.5. The maximum absolute atomic E-state index is 14.0. The molecule has 1 aromatic heterocycles. The molecule has 3 aliphatic rings. The summed E-state index contributed by atoms with van der Waals surface area (Å²) in [5.74, 6) is -1.12. The van der Waals surface area contributed by atoms with Crippen molar-refractivity contribution in [1.29, 1.82) is 0 Å². The number of H-pyrrole nitrogens is 1. The van der Waals surface area contributed by atoms with E-state index < -0.39 is 55.3 Å². The monoisotopic (exact) mass is 610 g/mol. The van der Waals surface area contributed by atoms with Gasteiger partial charge in [0.15, 0.2) is 6.23 Å². The van der Waals surface area contributed by atoms with Crippen molar-refractivity contribution < 1.29 is 32.9 Å². The number of aryl methyl sites for hydroxylation is 1. The van der Waals surface area contributed by atoms with Crippen LogP contribution in [0.2, 0.25) is 0 Å². The second-order valence-corrected chi connectivity index (χ2v) is 13.2. The zero-order valence-corrected chi connectivity index (χ0v) is 25.4. The first-order chi connectivity index (χ1) is 20.0. The molecule has 0 aromatic carbocycles. The molecule has 1 aliphatic heterocycles. The van der Waals surface area contributed by atoms with Crippen LogP contribution in [-0.4, -0.2) is 58.5 Å². The lowest BCUT2D eigenvalue weighted by Crippen LogP contribution is -2.44. The summed E-state index contributed by atoms with van der Waals surface area (Å²) in [7, 11) is -4.05. The highest BCUT2D eigenvalue weighted by Crippen LogP contribution is 2.40. The van der Waals surface area contributed by atoms with Crippen molar-refractivity contribution in [2.24, 2.45) is 0 Å². The molecule has 4 rings (SSSR count). The van der Waals surface area contributed by atoms with E-state index in [1.54, 1.807) is 19.1 Å². The molecule has 234 valence electrons. The average molecular weight is 611 g/mol. The molecule has 2 fully saturated rings. The molecule has 0 saturated heterocycles. The van der Waals surface area contributed by atoms with Crippen LogP contribution in [0.5, 0.6) is 0 Å². The Labute approximate surface area is 245 Å².